The quantitative estimate of drug-likeness (QED) is 0.875. The Morgan fingerprint density at radius 1 is 1.33 bits per heavy atom. The Morgan fingerprint density at radius 2 is 2.10 bits per heavy atom. The lowest BCUT2D eigenvalue weighted by molar-refractivity contribution is 0.350. The van der Waals surface area contributed by atoms with E-state index < -0.39 is 5.82 Å². The summed E-state index contributed by atoms with van der Waals surface area (Å²) in [5.41, 5.74) is 1.10. The van der Waals surface area contributed by atoms with Crippen LogP contribution in [0.2, 0.25) is 0 Å². The third-order valence-electron chi connectivity index (χ3n) is 3.14. The molecule has 0 spiro atoms. The molecule has 0 aliphatic heterocycles. The van der Waals surface area contributed by atoms with E-state index in [1.54, 1.807) is 27.6 Å². The number of imidazole rings is 1. The fourth-order valence-corrected chi connectivity index (χ4v) is 2.06. The second-order valence-electron chi connectivity index (χ2n) is 4.97. The van der Waals surface area contributed by atoms with Crippen LogP contribution in [-0.2, 0) is 6.54 Å². The van der Waals surface area contributed by atoms with E-state index in [9.17, 15) is 9.18 Å². The molecule has 2 rings (SSSR count). The Morgan fingerprint density at radius 3 is 2.71 bits per heavy atom. The second-order valence-corrected chi connectivity index (χ2v) is 4.97. The molecule has 0 fully saturated rings. The average Bonchev–Trinajstić information content (AvgIpc) is 2.80. The van der Waals surface area contributed by atoms with Crippen molar-refractivity contribution in [1.29, 1.82) is 0 Å². The molecule has 0 saturated heterocycles. The molecule has 4 nitrogen and oxygen atoms in total. The molecule has 0 unspecified atom stereocenters. The van der Waals surface area contributed by atoms with Crippen LogP contribution in [-0.4, -0.2) is 20.8 Å². The number of halogens is 1. The molecule has 2 aromatic rings. The first-order valence-corrected chi connectivity index (χ1v) is 6.68. The highest BCUT2D eigenvalue weighted by molar-refractivity contribution is 5.42. The highest BCUT2D eigenvalue weighted by atomic mass is 19.1. The van der Waals surface area contributed by atoms with Crippen LogP contribution in [0.25, 0.3) is 0 Å². The first kappa shape index (κ1) is 15.1. The van der Waals surface area contributed by atoms with Crippen molar-refractivity contribution in [3.05, 3.63) is 58.0 Å². The molecule has 0 radical (unpaired) electrons. The number of aliphatic hydroxyl groups is 1. The minimum Gasteiger partial charge on any atom is -0.384 e. The van der Waals surface area contributed by atoms with Gasteiger partial charge in [0.2, 0.25) is 0 Å². The maximum absolute atomic E-state index is 13.3. The minimum atomic E-state index is -0.395. The number of aliphatic hydroxyl groups excluding tert-OH is 1. The molecule has 21 heavy (non-hydrogen) atoms. The molecule has 0 aliphatic carbocycles. The van der Waals surface area contributed by atoms with Crippen LogP contribution in [0.1, 0.15) is 31.0 Å². The highest BCUT2D eigenvalue weighted by Gasteiger charge is 2.09. The number of nitrogens with zero attached hydrogens (tertiary/aromatic N) is 2. The van der Waals surface area contributed by atoms with Gasteiger partial charge in [-0.05, 0) is 31.5 Å². The van der Waals surface area contributed by atoms with Crippen LogP contribution in [0.5, 0.6) is 0 Å². The Labute approximate surface area is 122 Å². The van der Waals surface area contributed by atoms with Crippen molar-refractivity contribution >= 4 is 0 Å². The summed E-state index contributed by atoms with van der Waals surface area (Å²) >= 11 is 0. The van der Waals surface area contributed by atoms with Crippen LogP contribution in [0.4, 0.5) is 4.39 Å². The van der Waals surface area contributed by atoms with Gasteiger partial charge in [0.1, 0.15) is 12.4 Å². The molecule has 1 heterocycles. The van der Waals surface area contributed by atoms with Crippen molar-refractivity contribution in [3.63, 3.8) is 0 Å². The normalized spacial score (nSPS) is 10.5. The van der Waals surface area contributed by atoms with Gasteiger partial charge in [-0.2, -0.15) is 0 Å². The summed E-state index contributed by atoms with van der Waals surface area (Å²) in [6, 6.07) is 4.34. The summed E-state index contributed by atoms with van der Waals surface area (Å²) in [7, 11) is 0. The van der Waals surface area contributed by atoms with E-state index in [2.05, 4.69) is 11.8 Å². The largest absolute Gasteiger partial charge is 0.384 e. The summed E-state index contributed by atoms with van der Waals surface area (Å²) in [6.45, 7) is 3.89. The Bertz CT molecular complexity index is 748. The van der Waals surface area contributed by atoms with Crippen molar-refractivity contribution in [1.82, 2.24) is 9.13 Å². The molecule has 1 aromatic carbocycles. The summed E-state index contributed by atoms with van der Waals surface area (Å²) < 4.78 is 16.5. The van der Waals surface area contributed by atoms with Crippen LogP contribution in [0.3, 0.4) is 0 Å². The molecule has 1 N–H and O–H groups in total. The molecule has 0 atom stereocenters. The van der Waals surface area contributed by atoms with E-state index in [1.807, 2.05) is 13.8 Å². The van der Waals surface area contributed by atoms with Crippen LogP contribution in [0.15, 0.2) is 35.4 Å². The van der Waals surface area contributed by atoms with E-state index in [-0.39, 0.29) is 18.3 Å². The van der Waals surface area contributed by atoms with E-state index in [0.717, 1.165) is 5.56 Å². The monoisotopic (exact) mass is 288 g/mol. The fourth-order valence-electron chi connectivity index (χ4n) is 2.06. The van der Waals surface area contributed by atoms with E-state index in [0.29, 0.717) is 12.1 Å². The van der Waals surface area contributed by atoms with Gasteiger partial charge in [0.25, 0.3) is 0 Å². The summed E-state index contributed by atoms with van der Waals surface area (Å²) in [6.07, 6.45) is 3.44. The van der Waals surface area contributed by atoms with Crippen LogP contribution >= 0.6 is 0 Å². The molecule has 0 bridgehead atoms. The minimum absolute atomic E-state index is 0.0839. The van der Waals surface area contributed by atoms with Gasteiger partial charge in [0.15, 0.2) is 0 Å². The van der Waals surface area contributed by atoms with E-state index in [4.69, 9.17) is 5.11 Å². The molecule has 0 aliphatic rings. The second kappa shape index (κ2) is 6.42. The van der Waals surface area contributed by atoms with Crippen molar-refractivity contribution < 1.29 is 9.50 Å². The summed E-state index contributed by atoms with van der Waals surface area (Å²) in [4.78, 5) is 12.2. The van der Waals surface area contributed by atoms with Gasteiger partial charge < -0.3 is 5.11 Å². The molecular formula is C16H17FN2O2. The van der Waals surface area contributed by atoms with Gasteiger partial charge in [-0.15, -0.1) is 0 Å². The molecule has 0 saturated carbocycles. The third kappa shape index (κ3) is 3.41. The first-order chi connectivity index (χ1) is 10.0. The van der Waals surface area contributed by atoms with Gasteiger partial charge in [-0.3, -0.25) is 9.13 Å². The molecule has 0 amide bonds. The molecule has 1 aromatic heterocycles. The Hall–Kier alpha value is -2.32. The standard InChI is InChI=1S/C16H17FN2O2/c1-12(2)19-8-7-18(16(19)21)11-14-5-6-15(17)10-13(14)4-3-9-20/h5-8,10,12,20H,9,11H2,1-2H3. The maximum atomic E-state index is 13.3. The molecule has 110 valence electrons. The SMILES string of the molecule is CC(C)n1ccn(Cc2ccc(F)cc2C#CCO)c1=O. The van der Waals surface area contributed by atoms with Gasteiger partial charge in [0, 0.05) is 24.0 Å². The van der Waals surface area contributed by atoms with Crippen molar-refractivity contribution in [3.8, 4) is 11.8 Å². The third-order valence-corrected chi connectivity index (χ3v) is 3.14. The number of hydrogen-bond acceptors (Lipinski definition) is 2. The smallest absolute Gasteiger partial charge is 0.328 e. The van der Waals surface area contributed by atoms with Crippen molar-refractivity contribution in [2.45, 2.75) is 26.4 Å². The topological polar surface area (TPSA) is 47.2 Å². The van der Waals surface area contributed by atoms with Crippen molar-refractivity contribution in [2.24, 2.45) is 0 Å². The lowest BCUT2D eigenvalue weighted by Gasteiger charge is -2.07. The number of aromatic nitrogens is 2. The lowest BCUT2D eigenvalue weighted by atomic mass is 10.1. The zero-order valence-electron chi connectivity index (χ0n) is 12.0. The predicted molar refractivity (Wildman–Crippen MR) is 78.5 cm³/mol. The number of hydrogen-bond donors (Lipinski definition) is 1. The van der Waals surface area contributed by atoms with Gasteiger partial charge >= 0.3 is 5.69 Å². The number of benzene rings is 1. The first-order valence-electron chi connectivity index (χ1n) is 6.68. The van der Waals surface area contributed by atoms with Crippen LogP contribution < -0.4 is 5.69 Å². The van der Waals surface area contributed by atoms with Gasteiger partial charge in [-0.1, -0.05) is 17.9 Å². The zero-order valence-corrected chi connectivity index (χ0v) is 12.0. The number of rotatable bonds is 3. The van der Waals surface area contributed by atoms with Gasteiger partial charge in [0.05, 0.1) is 6.54 Å². The Kier molecular flexibility index (Phi) is 4.61. The van der Waals surface area contributed by atoms with Gasteiger partial charge in [-0.25, -0.2) is 9.18 Å². The molecular weight excluding hydrogens is 271 g/mol. The summed E-state index contributed by atoms with van der Waals surface area (Å²) in [5, 5.41) is 8.76. The zero-order chi connectivity index (χ0) is 15.4. The predicted octanol–water partition coefficient (Wildman–Crippen LogP) is 1.76. The van der Waals surface area contributed by atoms with E-state index >= 15 is 0 Å². The summed E-state index contributed by atoms with van der Waals surface area (Å²) in [5.74, 6) is 4.82. The van der Waals surface area contributed by atoms with Crippen LogP contribution in [0, 0.1) is 17.7 Å². The highest BCUT2D eigenvalue weighted by Crippen LogP contribution is 2.12. The lowest BCUT2D eigenvalue weighted by Crippen LogP contribution is -2.25. The molecule has 5 heteroatoms. The maximum Gasteiger partial charge on any atom is 0.328 e. The van der Waals surface area contributed by atoms with Crippen molar-refractivity contribution in [2.75, 3.05) is 6.61 Å². The van der Waals surface area contributed by atoms with E-state index in [1.165, 1.54) is 12.1 Å². The Balaban J connectivity index is 2.38. The fraction of sp³-hybridized carbons (Fsp3) is 0.312. The average molecular weight is 288 g/mol.